The Hall–Kier alpha value is -1.90. The van der Waals surface area contributed by atoms with Crippen LogP contribution >= 0.6 is 23.8 Å². The van der Waals surface area contributed by atoms with Crippen molar-refractivity contribution in [1.29, 1.82) is 0 Å². The van der Waals surface area contributed by atoms with Gasteiger partial charge in [0.15, 0.2) is 5.11 Å². The predicted octanol–water partition coefficient (Wildman–Crippen LogP) is 4.19. The fourth-order valence-corrected chi connectivity index (χ4v) is 5.31. The molecule has 1 aromatic carbocycles. The van der Waals surface area contributed by atoms with Gasteiger partial charge in [0.1, 0.15) is 0 Å². The number of benzene rings is 1. The SMILES string of the molecule is C=CCN(Cc1cnc(S(=O)(=O)Cc2cccc(Cl)c2)n1CC(C)C)C(=S)NC1CC1. The number of hydrogen-bond acceptors (Lipinski definition) is 4. The van der Waals surface area contributed by atoms with Crippen molar-refractivity contribution in [2.75, 3.05) is 6.54 Å². The van der Waals surface area contributed by atoms with Crippen LogP contribution in [0.15, 0.2) is 48.3 Å². The van der Waals surface area contributed by atoms with Crippen molar-refractivity contribution in [2.45, 2.75) is 56.7 Å². The first-order valence-corrected chi connectivity index (χ1v) is 12.8. The molecule has 6 nitrogen and oxygen atoms in total. The molecule has 31 heavy (non-hydrogen) atoms. The van der Waals surface area contributed by atoms with Gasteiger partial charge < -0.3 is 14.8 Å². The van der Waals surface area contributed by atoms with E-state index in [4.69, 9.17) is 23.8 Å². The molecule has 0 aliphatic heterocycles. The second-order valence-corrected chi connectivity index (χ2v) is 11.0. The normalized spacial score (nSPS) is 13.9. The van der Waals surface area contributed by atoms with Gasteiger partial charge in [-0.25, -0.2) is 13.4 Å². The molecule has 0 unspecified atom stereocenters. The Morgan fingerprint density at radius 2 is 2.19 bits per heavy atom. The number of thiocarbonyl (C=S) groups is 1. The molecule has 0 amide bonds. The minimum absolute atomic E-state index is 0.0794. The van der Waals surface area contributed by atoms with Crippen LogP contribution in [-0.2, 0) is 28.7 Å². The molecule has 0 radical (unpaired) electrons. The van der Waals surface area contributed by atoms with E-state index in [1.807, 2.05) is 4.90 Å². The third-order valence-corrected chi connectivity index (χ3v) is 7.07. The molecule has 1 aromatic heterocycles. The number of rotatable bonds is 10. The zero-order valence-corrected chi connectivity index (χ0v) is 20.3. The molecule has 9 heteroatoms. The minimum Gasteiger partial charge on any atom is -0.360 e. The van der Waals surface area contributed by atoms with Crippen LogP contribution in [0.1, 0.15) is 37.9 Å². The first-order chi connectivity index (χ1) is 14.7. The Morgan fingerprint density at radius 1 is 1.45 bits per heavy atom. The number of nitrogens with zero attached hydrogens (tertiary/aromatic N) is 3. The summed E-state index contributed by atoms with van der Waals surface area (Å²) in [4.78, 5) is 6.32. The lowest BCUT2D eigenvalue weighted by molar-refractivity contribution is 0.405. The first kappa shape index (κ1) is 23.8. The lowest BCUT2D eigenvalue weighted by Gasteiger charge is -2.25. The molecule has 1 aliphatic rings. The molecule has 0 atom stereocenters. The number of hydrogen-bond donors (Lipinski definition) is 1. The third kappa shape index (κ3) is 6.54. The lowest BCUT2D eigenvalue weighted by atomic mass is 10.2. The van der Waals surface area contributed by atoms with Crippen LogP contribution in [0, 0.1) is 5.92 Å². The second kappa shape index (κ2) is 10.1. The fourth-order valence-electron chi connectivity index (χ4n) is 3.30. The number of halogens is 1. The van der Waals surface area contributed by atoms with E-state index in [9.17, 15) is 8.42 Å². The smallest absolute Gasteiger partial charge is 0.228 e. The van der Waals surface area contributed by atoms with E-state index < -0.39 is 9.84 Å². The number of aromatic nitrogens is 2. The molecule has 0 spiro atoms. The summed E-state index contributed by atoms with van der Waals surface area (Å²) in [6.45, 7) is 9.50. The summed E-state index contributed by atoms with van der Waals surface area (Å²) < 4.78 is 28.3. The van der Waals surface area contributed by atoms with E-state index in [0.29, 0.717) is 41.4 Å². The number of nitrogens with one attached hydrogen (secondary N) is 1. The predicted molar refractivity (Wildman–Crippen MR) is 129 cm³/mol. The van der Waals surface area contributed by atoms with Gasteiger partial charge in [0, 0.05) is 24.2 Å². The lowest BCUT2D eigenvalue weighted by Crippen LogP contribution is -2.40. The van der Waals surface area contributed by atoms with Crippen molar-refractivity contribution in [1.82, 2.24) is 19.8 Å². The summed E-state index contributed by atoms with van der Waals surface area (Å²) in [6.07, 6.45) is 5.68. The third-order valence-electron chi connectivity index (χ3n) is 4.87. The highest BCUT2D eigenvalue weighted by Gasteiger charge is 2.27. The van der Waals surface area contributed by atoms with Gasteiger partial charge in [-0.05, 0) is 48.7 Å². The molecular weight excluding hydrogens is 452 g/mol. The van der Waals surface area contributed by atoms with Crippen molar-refractivity contribution in [3.05, 3.63) is 59.4 Å². The van der Waals surface area contributed by atoms with Crippen LogP contribution in [0.4, 0.5) is 0 Å². The summed E-state index contributed by atoms with van der Waals surface area (Å²) in [5, 5.41) is 4.59. The van der Waals surface area contributed by atoms with Gasteiger partial charge in [-0.2, -0.15) is 0 Å². The molecular formula is C22H29ClN4O2S2. The van der Waals surface area contributed by atoms with E-state index in [0.717, 1.165) is 18.5 Å². The monoisotopic (exact) mass is 480 g/mol. The van der Waals surface area contributed by atoms with Crippen molar-refractivity contribution in [2.24, 2.45) is 5.92 Å². The summed E-state index contributed by atoms with van der Waals surface area (Å²) in [5.41, 5.74) is 1.44. The molecule has 1 fully saturated rings. The maximum absolute atomic E-state index is 13.2. The topological polar surface area (TPSA) is 67.2 Å². The standard InChI is InChI=1S/C22H29ClN4O2S2/c1-4-10-26(21(30)25-19-8-9-19)14-20-12-24-22(27(20)13-16(2)3)31(28,29)15-17-6-5-7-18(23)11-17/h4-7,11-12,16,19H,1,8-10,13-15H2,2-3H3,(H,25,30). The van der Waals surface area contributed by atoms with Gasteiger partial charge in [0.2, 0.25) is 15.0 Å². The first-order valence-electron chi connectivity index (χ1n) is 10.4. The largest absolute Gasteiger partial charge is 0.360 e. The Kier molecular flexibility index (Phi) is 7.78. The zero-order valence-electron chi connectivity index (χ0n) is 17.9. The molecule has 1 N–H and O–H groups in total. The van der Waals surface area contributed by atoms with Crippen LogP contribution in [0.25, 0.3) is 0 Å². The van der Waals surface area contributed by atoms with E-state index in [1.54, 1.807) is 41.1 Å². The van der Waals surface area contributed by atoms with Crippen molar-refractivity contribution >= 4 is 38.8 Å². The zero-order chi connectivity index (χ0) is 22.6. The molecule has 2 aromatic rings. The maximum atomic E-state index is 13.2. The van der Waals surface area contributed by atoms with Crippen molar-refractivity contribution < 1.29 is 8.42 Å². The van der Waals surface area contributed by atoms with Gasteiger partial charge in [0.05, 0.1) is 24.2 Å². The van der Waals surface area contributed by atoms with Gasteiger partial charge >= 0.3 is 0 Å². The van der Waals surface area contributed by atoms with Crippen LogP contribution in [0.3, 0.4) is 0 Å². The van der Waals surface area contributed by atoms with E-state index in [2.05, 4.69) is 30.7 Å². The van der Waals surface area contributed by atoms with E-state index in [1.165, 1.54) is 0 Å². The molecule has 1 aliphatic carbocycles. The summed E-state index contributed by atoms with van der Waals surface area (Å²) in [6, 6.07) is 7.34. The van der Waals surface area contributed by atoms with E-state index >= 15 is 0 Å². The highest BCUT2D eigenvalue weighted by Crippen LogP contribution is 2.23. The quantitative estimate of drug-likeness (QED) is 0.406. The molecule has 168 valence electrons. The number of imidazole rings is 1. The maximum Gasteiger partial charge on any atom is 0.228 e. The van der Waals surface area contributed by atoms with Crippen molar-refractivity contribution in [3.63, 3.8) is 0 Å². The average Bonchev–Trinajstić information content (AvgIpc) is 3.40. The Balaban J connectivity index is 1.89. The van der Waals surface area contributed by atoms with Crippen LogP contribution in [0.2, 0.25) is 5.02 Å². The molecule has 0 bridgehead atoms. The van der Waals surface area contributed by atoms with Gasteiger partial charge in [-0.3, -0.25) is 0 Å². The highest BCUT2D eigenvalue weighted by molar-refractivity contribution is 7.90. The number of sulfone groups is 1. The molecule has 1 saturated carbocycles. The van der Waals surface area contributed by atoms with Gasteiger partial charge in [-0.1, -0.05) is 43.7 Å². The molecule has 3 rings (SSSR count). The average molecular weight is 481 g/mol. The molecule has 0 saturated heterocycles. The van der Waals surface area contributed by atoms with Gasteiger partial charge in [-0.15, -0.1) is 6.58 Å². The fraction of sp³-hybridized carbons (Fsp3) is 0.455. The van der Waals surface area contributed by atoms with Crippen LogP contribution in [-0.4, -0.2) is 40.6 Å². The minimum atomic E-state index is -3.66. The van der Waals surface area contributed by atoms with E-state index in [-0.39, 0.29) is 16.8 Å². The Morgan fingerprint density at radius 3 is 2.81 bits per heavy atom. The Bertz CT molecular complexity index is 1050. The van der Waals surface area contributed by atoms with Crippen molar-refractivity contribution in [3.8, 4) is 0 Å². The summed E-state index contributed by atoms with van der Waals surface area (Å²) in [7, 11) is -3.66. The summed E-state index contributed by atoms with van der Waals surface area (Å²) >= 11 is 11.6. The second-order valence-electron chi connectivity index (χ2n) is 8.32. The Labute approximate surface area is 195 Å². The van der Waals surface area contributed by atoms with Crippen LogP contribution < -0.4 is 5.32 Å². The van der Waals surface area contributed by atoms with Gasteiger partial charge in [0.25, 0.3) is 0 Å². The highest BCUT2D eigenvalue weighted by atomic mass is 35.5. The summed E-state index contributed by atoms with van der Waals surface area (Å²) in [5.74, 6) is 0.0950. The molecule has 1 heterocycles. The van der Waals surface area contributed by atoms with Crippen LogP contribution in [0.5, 0.6) is 0 Å².